The summed E-state index contributed by atoms with van der Waals surface area (Å²) in [6.45, 7) is 0. The molecule has 0 amide bonds. The largest absolute Gasteiger partial charge is 0.476 e. The van der Waals surface area contributed by atoms with Crippen LogP contribution < -0.4 is 5.73 Å². The predicted octanol–water partition coefficient (Wildman–Crippen LogP) is 2.22. The molecular weight excluding hydrogens is 294 g/mol. The maximum Gasteiger partial charge on any atom is 0.355 e. The zero-order valence-electron chi connectivity index (χ0n) is 11.8. The van der Waals surface area contributed by atoms with Gasteiger partial charge in [0, 0.05) is 17.1 Å². The molecule has 0 radical (unpaired) electrons. The van der Waals surface area contributed by atoms with E-state index in [-0.39, 0.29) is 11.6 Å². The molecule has 3 N–H and O–H groups in total. The third kappa shape index (κ3) is 2.06. The van der Waals surface area contributed by atoms with Crippen molar-refractivity contribution in [3.8, 4) is 11.1 Å². The number of hydrogen-bond acceptors (Lipinski definition) is 5. The zero-order valence-corrected chi connectivity index (χ0v) is 11.8. The molecule has 0 saturated carbocycles. The molecule has 7 heteroatoms. The summed E-state index contributed by atoms with van der Waals surface area (Å²) in [6.07, 6.45) is 1.72. The van der Waals surface area contributed by atoms with Crippen molar-refractivity contribution in [2.45, 2.75) is 0 Å². The minimum absolute atomic E-state index is 0.0231. The maximum absolute atomic E-state index is 11.7. The number of carbonyl (C=O) groups is 1. The van der Waals surface area contributed by atoms with E-state index in [9.17, 15) is 9.90 Å². The second kappa shape index (κ2) is 4.77. The fraction of sp³-hybridized carbons (Fsp3) is 0. The van der Waals surface area contributed by atoms with Gasteiger partial charge in [0.1, 0.15) is 0 Å². The smallest absolute Gasteiger partial charge is 0.355 e. The van der Waals surface area contributed by atoms with Crippen molar-refractivity contribution in [1.29, 1.82) is 0 Å². The van der Waals surface area contributed by atoms with Gasteiger partial charge in [-0.25, -0.2) is 9.31 Å². The Hall–Kier alpha value is -3.48. The van der Waals surface area contributed by atoms with E-state index < -0.39 is 5.97 Å². The van der Waals surface area contributed by atoms with Crippen LogP contribution >= 0.6 is 0 Å². The molecule has 0 aliphatic rings. The molecule has 3 heterocycles. The van der Waals surface area contributed by atoms with Gasteiger partial charge in [-0.05, 0) is 35.9 Å². The predicted molar refractivity (Wildman–Crippen MR) is 85.1 cm³/mol. The van der Waals surface area contributed by atoms with E-state index in [2.05, 4.69) is 15.1 Å². The summed E-state index contributed by atoms with van der Waals surface area (Å²) in [6, 6.07) is 12.8. The number of carboxylic acid groups (broad SMARTS) is 1. The first-order valence-corrected chi connectivity index (χ1v) is 6.87. The minimum Gasteiger partial charge on any atom is -0.476 e. The Morgan fingerprint density at radius 2 is 2.04 bits per heavy atom. The molecule has 0 spiro atoms. The number of carboxylic acids is 1. The van der Waals surface area contributed by atoms with Crippen LogP contribution in [0.5, 0.6) is 0 Å². The topological polar surface area (TPSA) is 106 Å². The van der Waals surface area contributed by atoms with Crippen molar-refractivity contribution < 1.29 is 9.90 Å². The number of rotatable bonds is 2. The summed E-state index contributed by atoms with van der Waals surface area (Å²) in [5.74, 6) is -1.06. The number of benzene rings is 1. The third-order valence-corrected chi connectivity index (χ3v) is 3.63. The molecule has 0 saturated heterocycles. The Morgan fingerprint density at radius 1 is 1.17 bits per heavy atom. The van der Waals surface area contributed by atoms with E-state index in [1.54, 1.807) is 18.3 Å². The van der Waals surface area contributed by atoms with Gasteiger partial charge in [0.25, 0.3) is 0 Å². The first kappa shape index (κ1) is 13.2. The molecule has 0 aliphatic heterocycles. The fourth-order valence-electron chi connectivity index (χ4n) is 2.65. The lowest BCUT2D eigenvalue weighted by atomic mass is 10.0. The van der Waals surface area contributed by atoms with Crippen LogP contribution in [0.1, 0.15) is 10.5 Å². The molecule has 4 rings (SSSR count). The molecule has 0 unspecified atom stereocenters. The number of pyridine rings is 2. The van der Waals surface area contributed by atoms with Gasteiger partial charge in [0.15, 0.2) is 11.3 Å². The summed E-state index contributed by atoms with van der Waals surface area (Å²) in [5.41, 5.74) is 8.15. The van der Waals surface area contributed by atoms with Gasteiger partial charge in [0.05, 0.1) is 5.52 Å². The van der Waals surface area contributed by atoms with Crippen molar-refractivity contribution in [3.05, 3.63) is 54.4 Å². The number of aromatic carboxylic acids is 1. The van der Waals surface area contributed by atoms with Crippen LogP contribution in [0.3, 0.4) is 0 Å². The highest BCUT2D eigenvalue weighted by atomic mass is 16.4. The quantitative estimate of drug-likeness (QED) is 0.588. The van der Waals surface area contributed by atoms with Crippen LogP contribution in [0.4, 0.5) is 5.95 Å². The average Bonchev–Trinajstić information content (AvgIpc) is 2.93. The molecule has 3 aromatic heterocycles. The molecular formula is C16H11N5O2. The standard InChI is InChI=1S/C16H11N5O2/c17-16-19-13-6-4-11(14(15(22)23)21(13)20-16)9-3-5-12-10(8-9)2-1-7-18-12/h1-8H,(H2,17,20)(H,22,23). The third-order valence-electron chi connectivity index (χ3n) is 3.63. The number of nitrogens with two attached hydrogens (primary N) is 1. The van der Waals surface area contributed by atoms with E-state index in [0.717, 1.165) is 16.5 Å². The highest BCUT2D eigenvalue weighted by Crippen LogP contribution is 2.27. The summed E-state index contributed by atoms with van der Waals surface area (Å²) < 4.78 is 1.25. The van der Waals surface area contributed by atoms with Gasteiger partial charge in [-0.2, -0.15) is 4.98 Å². The lowest BCUT2D eigenvalue weighted by Gasteiger charge is -2.08. The number of aromatic nitrogens is 4. The van der Waals surface area contributed by atoms with Crippen molar-refractivity contribution in [2.24, 2.45) is 0 Å². The van der Waals surface area contributed by atoms with Crippen LogP contribution in [0.2, 0.25) is 0 Å². The first-order chi connectivity index (χ1) is 11.1. The number of hydrogen-bond donors (Lipinski definition) is 2. The summed E-state index contributed by atoms with van der Waals surface area (Å²) in [7, 11) is 0. The first-order valence-electron chi connectivity index (χ1n) is 6.87. The second-order valence-electron chi connectivity index (χ2n) is 5.05. The molecule has 23 heavy (non-hydrogen) atoms. The molecule has 4 aromatic rings. The summed E-state index contributed by atoms with van der Waals surface area (Å²) in [4.78, 5) is 20.0. The van der Waals surface area contributed by atoms with Crippen molar-refractivity contribution >= 4 is 28.5 Å². The monoisotopic (exact) mass is 305 g/mol. The van der Waals surface area contributed by atoms with Crippen LogP contribution in [-0.4, -0.2) is 30.7 Å². The normalized spacial score (nSPS) is 11.1. The Balaban J connectivity index is 2.03. The zero-order chi connectivity index (χ0) is 16.0. The van der Waals surface area contributed by atoms with Crippen molar-refractivity contribution in [1.82, 2.24) is 19.6 Å². The molecule has 1 aromatic carbocycles. The average molecular weight is 305 g/mol. The van der Waals surface area contributed by atoms with Crippen molar-refractivity contribution in [3.63, 3.8) is 0 Å². The lowest BCUT2D eigenvalue weighted by molar-refractivity contribution is 0.0688. The summed E-state index contributed by atoms with van der Waals surface area (Å²) >= 11 is 0. The second-order valence-corrected chi connectivity index (χ2v) is 5.05. The maximum atomic E-state index is 11.7. The van der Waals surface area contributed by atoms with Gasteiger partial charge < -0.3 is 10.8 Å². The van der Waals surface area contributed by atoms with E-state index in [4.69, 9.17) is 5.73 Å². The van der Waals surface area contributed by atoms with Crippen LogP contribution in [0.25, 0.3) is 27.7 Å². The number of nitrogens with zero attached hydrogens (tertiary/aromatic N) is 4. The molecule has 0 bridgehead atoms. The highest BCUT2D eigenvalue weighted by Gasteiger charge is 2.18. The van der Waals surface area contributed by atoms with Crippen LogP contribution in [-0.2, 0) is 0 Å². The molecule has 0 aliphatic carbocycles. The molecule has 112 valence electrons. The molecule has 7 nitrogen and oxygen atoms in total. The lowest BCUT2D eigenvalue weighted by Crippen LogP contribution is -2.09. The van der Waals surface area contributed by atoms with E-state index in [1.165, 1.54) is 4.52 Å². The number of fused-ring (bicyclic) bond motifs is 2. The summed E-state index contributed by atoms with van der Waals surface area (Å²) in [5, 5.41) is 14.5. The van der Waals surface area contributed by atoms with Gasteiger partial charge in [0.2, 0.25) is 5.95 Å². The van der Waals surface area contributed by atoms with Crippen molar-refractivity contribution in [2.75, 3.05) is 5.73 Å². The molecule has 0 atom stereocenters. The molecule has 0 fully saturated rings. The van der Waals surface area contributed by atoms with Gasteiger partial charge in [-0.3, -0.25) is 4.98 Å². The van der Waals surface area contributed by atoms with Gasteiger partial charge in [-0.1, -0.05) is 12.1 Å². The fourth-order valence-corrected chi connectivity index (χ4v) is 2.65. The van der Waals surface area contributed by atoms with Crippen LogP contribution in [0, 0.1) is 0 Å². The minimum atomic E-state index is -1.10. The number of nitrogen functional groups attached to an aromatic ring is 1. The van der Waals surface area contributed by atoms with Gasteiger partial charge in [-0.15, -0.1) is 5.10 Å². The Labute approximate surface area is 130 Å². The van der Waals surface area contributed by atoms with E-state index in [0.29, 0.717) is 11.2 Å². The SMILES string of the molecule is Nc1nc2ccc(-c3ccc4ncccc4c3)c(C(=O)O)n2n1. The van der Waals surface area contributed by atoms with E-state index >= 15 is 0 Å². The Bertz CT molecular complexity index is 1070. The van der Waals surface area contributed by atoms with Gasteiger partial charge >= 0.3 is 5.97 Å². The van der Waals surface area contributed by atoms with Crippen LogP contribution in [0.15, 0.2) is 48.7 Å². The number of anilines is 1. The Morgan fingerprint density at radius 3 is 2.87 bits per heavy atom. The van der Waals surface area contributed by atoms with E-state index in [1.807, 2.05) is 30.3 Å². The highest BCUT2D eigenvalue weighted by molar-refractivity contribution is 5.96. The Kier molecular flexibility index (Phi) is 2.74.